The fourth-order valence-electron chi connectivity index (χ4n) is 5.34. The molecule has 0 fully saturated rings. The van der Waals surface area contributed by atoms with Crippen molar-refractivity contribution in [3.8, 4) is 0 Å². The summed E-state index contributed by atoms with van der Waals surface area (Å²) < 4.78 is 39.7. The van der Waals surface area contributed by atoms with Gasteiger partial charge in [-0.3, -0.25) is 9.59 Å². The van der Waals surface area contributed by atoms with Crippen molar-refractivity contribution in [1.29, 1.82) is 0 Å². The van der Waals surface area contributed by atoms with Crippen LogP contribution in [-0.4, -0.2) is 23.3 Å². The maximum absolute atomic E-state index is 13.3. The molecule has 2 heterocycles. The molecule has 1 aliphatic carbocycles. The highest BCUT2D eigenvalue weighted by Crippen LogP contribution is 2.39. The lowest BCUT2D eigenvalue weighted by atomic mass is 9.86. The molecule has 2 amide bonds. The summed E-state index contributed by atoms with van der Waals surface area (Å²) in [6.45, 7) is 0.587. The summed E-state index contributed by atoms with van der Waals surface area (Å²) in [6.07, 6.45) is -1.53. The number of benzene rings is 2. The smallest absolute Gasteiger partial charge is 0.349 e. The first-order chi connectivity index (χ1) is 17.3. The van der Waals surface area contributed by atoms with Gasteiger partial charge in [0.1, 0.15) is 0 Å². The SMILES string of the molecule is O=C(CCC(=O)N1CCc2sccc2C1c1ccccc1)NC1CCCc2ccc(C(F)(F)F)cc21. The van der Waals surface area contributed by atoms with Crippen molar-refractivity contribution >= 4 is 23.2 Å². The van der Waals surface area contributed by atoms with E-state index in [4.69, 9.17) is 0 Å². The predicted octanol–water partition coefficient (Wildman–Crippen LogP) is 6.22. The molecule has 4 nitrogen and oxygen atoms in total. The summed E-state index contributed by atoms with van der Waals surface area (Å²) in [6, 6.07) is 15.1. The number of nitrogens with one attached hydrogen (secondary N) is 1. The fraction of sp³-hybridized carbons (Fsp3) is 0.357. The van der Waals surface area contributed by atoms with Gasteiger partial charge in [-0.2, -0.15) is 13.2 Å². The summed E-state index contributed by atoms with van der Waals surface area (Å²) in [4.78, 5) is 29.2. The van der Waals surface area contributed by atoms with Crippen LogP contribution in [0.25, 0.3) is 0 Å². The average molecular weight is 513 g/mol. The molecule has 5 rings (SSSR count). The van der Waals surface area contributed by atoms with E-state index < -0.39 is 17.8 Å². The molecular formula is C28H27F3N2O2S. The van der Waals surface area contributed by atoms with Crippen LogP contribution in [0.4, 0.5) is 13.2 Å². The van der Waals surface area contributed by atoms with Crippen molar-refractivity contribution in [2.75, 3.05) is 6.54 Å². The Morgan fingerprint density at radius 1 is 1.00 bits per heavy atom. The molecule has 1 N–H and O–H groups in total. The third kappa shape index (κ3) is 5.05. The zero-order valence-corrected chi connectivity index (χ0v) is 20.5. The van der Waals surface area contributed by atoms with Crippen LogP contribution in [0.3, 0.4) is 0 Å². The molecule has 0 saturated heterocycles. The average Bonchev–Trinajstić information content (AvgIpc) is 3.35. The number of fused-ring (bicyclic) bond motifs is 2. The second-order valence-electron chi connectivity index (χ2n) is 9.37. The first-order valence-corrected chi connectivity index (χ1v) is 13.1. The minimum Gasteiger partial charge on any atom is -0.349 e. The Morgan fingerprint density at radius 2 is 1.81 bits per heavy atom. The Labute approximate surface area is 212 Å². The quantitative estimate of drug-likeness (QED) is 0.442. The number of nitrogens with zero attached hydrogens (tertiary/aromatic N) is 1. The minimum absolute atomic E-state index is 0.00185. The molecule has 2 unspecified atom stereocenters. The molecule has 0 radical (unpaired) electrons. The number of hydrogen-bond donors (Lipinski definition) is 1. The molecule has 0 spiro atoms. The summed E-state index contributed by atoms with van der Waals surface area (Å²) in [5, 5.41) is 4.94. The maximum Gasteiger partial charge on any atom is 0.416 e. The van der Waals surface area contributed by atoms with Gasteiger partial charge in [-0.05, 0) is 71.5 Å². The van der Waals surface area contributed by atoms with E-state index >= 15 is 0 Å². The van der Waals surface area contributed by atoms with Gasteiger partial charge in [0, 0.05) is 24.3 Å². The third-order valence-corrected chi connectivity index (χ3v) is 8.09. The van der Waals surface area contributed by atoms with Gasteiger partial charge in [0.2, 0.25) is 11.8 Å². The summed E-state index contributed by atoms with van der Waals surface area (Å²) in [5.74, 6) is -0.414. The zero-order valence-electron chi connectivity index (χ0n) is 19.7. The number of amides is 2. The van der Waals surface area contributed by atoms with E-state index in [1.807, 2.05) is 40.6 Å². The van der Waals surface area contributed by atoms with Gasteiger partial charge in [-0.1, -0.05) is 36.4 Å². The van der Waals surface area contributed by atoms with Crippen molar-refractivity contribution in [2.24, 2.45) is 0 Å². The van der Waals surface area contributed by atoms with Crippen molar-refractivity contribution in [3.05, 3.63) is 92.7 Å². The van der Waals surface area contributed by atoms with E-state index in [1.54, 1.807) is 11.3 Å². The Hall–Kier alpha value is -3.13. The summed E-state index contributed by atoms with van der Waals surface area (Å²) in [7, 11) is 0. The van der Waals surface area contributed by atoms with Crippen LogP contribution in [0, 0.1) is 0 Å². The van der Waals surface area contributed by atoms with E-state index in [0.717, 1.165) is 41.7 Å². The first-order valence-electron chi connectivity index (χ1n) is 12.2. The van der Waals surface area contributed by atoms with Crippen LogP contribution in [0.1, 0.15) is 70.5 Å². The third-order valence-electron chi connectivity index (χ3n) is 7.09. The van der Waals surface area contributed by atoms with Gasteiger partial charge >= 0.3 is 6.18 Å². The van der Waals surface area contributed by atoms with Crippen LogP contribution in [0.15, 0.2) is 60.0 Å². The molecule has 2 atom stereocenters. The number of rotatable bonds is 5. The molecule has 2 aromatic carbocycles. The Morgan fingerprint density at radius 3 is 2.58 bits per heavy atom. The summed E-state index contributed by atoms with van der Waals surface area (Å²) >= 11 is 1.70. The second kappa shape index (κ2) is 10.1. The van der Waals surface area contributed by atoms with E-state index in [0.29, 0.717) is 24.9 Å². The molecular weight excluding hydrogens is 485 g/mol. The van der Waals surface area contributed by atoms with E-state index in [1.165, 1.54) is 10.9 Å². The lowest BCUT2D eigenvalue weighted by Crippen LogP contribution is -2.40. The molecule has 0 saturated carbocycles. The van der Waals surface area contributed by atoms with E-state index in [2.05, 4.69) is 11.4 Å². The molecule has 188 valence electrons. The second-order valence-corrected chi connectivity index (χ2v) is 10.4. The Bertz CT molecular complexity index is 1260. The van der Waals surface area contributed by atoms with Crippen molar-refractivity contribution < 1.29 is 22.8 Å². The van der Waals surface area contributed by atoms with Gasteiger partial charge in [0.15, 0.2) is 0 Å². The standard InChI is InChI=1S/C28H27F3N2O2S/c29-28(30,31)20-10-9-18-7-4-8-23(22(18)17-20)32-25(34)11-12-26(35)33-15-13-24-21(14-16-36-24)27(33)19-5-2-1-3-6-19/h1-3,5-6,9-10,14,16-17,23,27H,4,7-8,11-13,15H2,(H,32,34). The normalized spacial score (nSPS) is 19.4. The number of hydrogen-bond acceptors (Lipinski definition) is 3. The van der Waals surface area contributed by atoms with Crippen LogP contribution in [0.2, 0.25) is 0 Å². The van der Waals surface area contributed by atoms with Gasteiger partial charge in [0.05, 0.1) is 17.6 Å². The van der Waals surface area contributed by atoms with Crippen LogP contribution >= 0.6 is 11.3 Å². The molecule has 2 aliphatic rings. The molecule has 36 heavy (non-hydrogen) atoms. The fourth-order valence-corrected chi connectivity index (χ4v) is 6.24. The Kier molecular flexibility index (Phi) is 6.88. The topological polar surface area (TPSA) is 49.4 Å². The van der Waals surface area contributed by atoms with Crippen molar-refractivity contribution in [2.45, 2.75) is 56.8 Å². The zero-order chi connectivity index (χ0) is 25.3. The molecule has 8 heteroatoms. The molecule has 3 aromatic rings. The van der Waals surface area contributed by atoms with Gasteiger partial charge in [0.25, 0.3) is 0 Å². The van der Waals surface area contributed by atoms with Gasteiger partial charge in [-0.25, -0.2) is 0 Å². The highest BCUT2D eigenvalue weighted by Gasteiger charge is 2.34. The maximum atomic E-state index is 13.3. The number of aryl methyl sites for hydroxylation is 1. The number of halogens is 3. The minimum atomic E-state index is -4.43. The molecule has 0 bridgehead atoms. The number of alkyl halides is 3. The van der Waals surface area contributed by atoms with Crippen LogP contribution in [-0.2, 0) is 28.6 Å². The summed E-state index contributed by atoms with van der Waals surface area (Å²) in [5.41, 5.74) is 2.83. The van der Waals surface area contributed by atoms with E-state index in [-0.39, 0.29) is 30.7 Å². The van der Waals surface area contributed by atoms with Gasteiger partial charge in [-0.15, -0.1) is 11.3 Å². The van der Waals surface area contributed by atoms with Gasteiger partial charge < -0.3 is 10.2 Å². The Balaban J connectivity index is 1.26. The molecule has 1 aromatic heterocycles. The van der Waals surface area contributed by atoms with Crippen molar-refractivity contribution in [1.82, 2.24) is 10.2 Å². The van der Waals surface area contributed by atoms with Crippen LogP contribution < -0.4 is 5.32 Å². The van der Waals surface area contributed by atoms with Crippen molar-refractivity contribution in [3.63, 3.8) is 0 Å². The van der Waals surface area contributed by atoms with E-state index in [9.17, 15) is 22.8 Å². The number of carbonyl (C=O) groups is 2. The lowest BCUT2D eigenvalue weighted by molar-refractivity contribution is -0.137. The first kappa shape index (κ1) is 24.6. The monoisotopic (exact) mass is 512 g/mol. The largest absolute Gasteiger partial charge is 0.416 e. The van der Waals surface area contributed by atoms with Crippen LogP contribution in [0.5, 0.6) is 0 Å². The molecule has 1 aliphatic heterocycles. The predicted molar refractivity (Wildman–Crippen MR) is 133 cm³/mol. The number of carbonyl (C=O) groups excluding carboxylic acids is 2. The highest BCUT2D eigenvalue weighted by atomic mass is 32.1. The number of thiophene rings is 1. The lowest BCUT2D eigenvalue weighted by Gasteiger charge is -2.36. The highest BCUT2D eigenvalue weighted by molar-refractivity contribution is 7.10.